The van der Waals surface area contributed by atoms with Crippen molar-refractivity contribution < 1.29 is 9.15 Å². The molecule has 0 bridgehead atoms. The lowest BCUT2D eigenvalue weighted by atomic mass is 10.1. The highest BCUT2D eigenvalue weighted by Gasteiger charge is 2.17. The van der Waals surface area contributed by atoms with Crippen LogP contribution in [-0.4, -0.2) is 4.57 Å². The zero-order chi connectivity index (χ0) is 25.9. The van der Waals surface area contributed by atoms with E-state index in [1.54, 1.807) is 0 Å². The molecule has 0 aliphatic carbocycles. The molecule has 0 atom stereocenters. The summed E-state index contributed by atoms with van der Waals surface area (Å²) in [7, 11) is 0. The summed E-state index contributed by atoms with van der Waals surface area (Å²) in [6, 6.07) is 42.0. The van der Waals surface area contributed by atoms with Crippen LogP contribution in [0.1, 0.15) is 5.56 Å². The number of nitrogens with zero attached hydrogens (tertiary/aromatic N) is 1. The van der Waals surface area contributed by atoms with Crippen molar-refractivity contribution in [3.63, 3.8) is 0 Å². The van der Waals surface area contributed by atoms with E-state index in [4.69, 9.17) is 14.9 Å². The van der Waals surface area contributed by atoms with E-state index in [9.17, 15) is 0 Å². The molecule has 4 nitrogen and oxygen atoms in total. The van der Waals surface area contributed by atoms with E-state index in [0.29, 0.717) is 18.0 Å². The molecule has 8 rings (SSSR count). The molecule has 186 valence electrons. The summed E-state index contributed by atoms with van der Waals surface area (Å²) in [6.45, 7) is 0.386. The third kappa shape index (κ3) is 3.39. The predicted molar refractivity (Wildman–Crippen MR) is 161 cm³/mol. The summed E-state index contributed by atoms with van der Waals surface area (Å²) in [5.41, 5.74) is 13.1. The van der Waals surface area contributed by atoms with E-state index in [1.165, 1.54) is 27.1 Å². The molecule has 0 fully saturated rings. The molecule has 0 saturated heterocycles. The van der Waals surface area contributed by atoms with Gasteiger partial charge in [0.25, 0.3) is 0 Å². The molecule has 8 aromatic rings. The van der Waals surface area contributed by atoms with Gasteiger partial charge in [-0.1, -0.05) is 72.8 Å². The average molecular weight is 505 g/mol. The van der Waals surface area contributed by atoms with Gasteiger partial charge in [-0.3, -0.25) is 0 Å². The summed E-state index contributed by atoms with van der Waals surface area (Å²) in [5.74, 6) is 0.660. The van der Waals surface area contributed by atoms with Gasteiger partial charge >= 0.3 is 0 Å². The van der Waals surface area contributed by atoms with Gasteiger partial charge < -0.3 is 19.5 Å². The Morgan fingerprint density at radius 2 is 1.36 bits per heavy atom. The van der Waals surface area contributed by atoms with E-state index in [2.05, 4.69) is 89.5 Å². The zero-order valence-electron chi connectivity index (χ0n) is 21.1. The second-order valence-corrected chi connectivity index (χ2v) is 9.98. The largest absolute Gasteiger partial charge is 0.486 e. The van der Waals surface area contributed by atoms with Crippen LogP contribution in [0.4, 0.5) is 5.69 Å². The summed E-state index contributed by atoms with van der Waals surface area (Å²) in [5, 5.41) is 6.83. The number of rotatable bonds is 4. The fourth-order valence-corrected chi connectivity index (χ4v) is 5.81. The molecule has 0 spiro atoms. The number of anilines is 1. The Bertz CT molecular complexity index is 2190. The first-order valence-corrected chi connectivity index (χ1v) is 13.1. The molecule has 0 aliphatic heterocycles. The normalized spacial score (nSPS) is 11.8. The molecule has 2 heterocycles. The molecule has 0 amide bonds. The van der Waals surface area contributed by atoms with E-state index < -0.39 is 0 Å². The van der Waals surface area contributed by atoms with Crippen LogP contribution in [0, 0.1) is 0 Å². The van der Waals surface area contributed by atoms with Crippen molar-refractivity contribution in [2.75, 3.05) is 5.73 Å². The highest BCUT2D eigenvalue weighted by atomic mass is 16.5. The first kappa shape index (κ1) is 21.8. The van der Waals surface area contributed by atoms with Crippen LogP contribution in [-0.2, 0) is 6.61 Å². The van der Waals surface area contributed by atoms with Crippen LogP contribution in [0.2, 0.25) is 0 Å². The molecule has 2 aromatic heterocycles. The molecular weight excluding hydrogens is 480 g/mol. The van der Waals surface area contributed by atoms with Gasteiger partial charge in [-0.25, -0.2) is 0 Å². The maximum atomic E-state index is 6.44. The van der Waals surface area contributed by atoms with E-state index in [-0.39, 0.29) is 0 Å². The summed E-state index contributed by atoms with van der Waals surface area (Å²) < 4.78 is 14.8. The number of hydrogen-bond acceptors (Lipinski definition) is 3. The van der Waals surface area contributed by atoms with Crippen molar-refractivity contribution in [2.24, 2.45) is 0 Å². The van der Waals surface area contributed by atoms with Gasteiger partial charge in [-0.2, -0.15) is 0 Å². The lowest BCUT2D eigenvalue weighted by Crippen LogP contribution is -2.00. The Morgan fingerprint density at radius 3 is 2.23 bits per heavy atom. The van der Waals surface area contributed by atoms with E-state index in [1.807, 2.05) is 36.4 Å². The van der Waals surface area contributed by atoms with Gasteiger partial charge in [0.1, 0.15) is 17.8 Å². The molecule has 0 saturated carbocycles. The number of ether oxygens (including phenoxy) is 1. The van der Waals surface area contributed by atoms with Crippen molar-refractivity contribution in [1.29, 1.82) is 0 Å². The molecule has 0 unspecified atom stereocenters. The van der Waals surface area contributed by atoms with Gasteiger partial charge in [0.15, 0.2) is 5.75 Å². The third-order valence-corrected chi connectivity index (χ3v) is 7.62. The fourth-order valence-electron chi connectivity index (χ4n) is 5.81. The molecule has 0 aliphatic rings. The van der Waals surface area contributed by atoms with Crippen LogP contribution in [0.5, 0.6) is 5.75 Å². The molecule has 0 radical (unpaired) electrons. The average Bonchev–Trinajstić information content (AvgIpc) is 3.51. The fraction of sp³-hybridized carbons (Fsp3) is 0.0286. The number of furan rings is 1. The minimum absolute atomic E-state index is 0.386. The number of nitrogen functional groups attached to an aromatic ring is 1. The first-order chi connectivity index (χ1) is 19.2. The molecule has 2 N–H and O–H groups in total. The lowest BCUT2D eigenvalue weighted by molar-refractivity contribution is 0.312. The summed E-state index contributed by atoms with van der Waals surface area (Å²) in [4.78, 5) is 0. The predicted octanol–water partition coefficient (Wildman–Crippen LogP) is 9.00. The quantitative estimate of drug-likeness (QED) is 0.243. The second kappa shape index (κ2) is 8.40. The van der Waals surface area contributed by atoms with Crippen molar-refractivity contribution in [2.45, 2.75) is 6.61 Å². The maximum absolute atomic E-state index is 6.44. The van der Waals surface area contributed by atoms with Crippen LogP contribution < -0.4 is 10.5 Å². The minimum atomic E-state index is 0.386. The van der Waals surface area contributed by atoms with Crippen LogP contribution in [0.3, 0.4) is 0 Å². The minimum Gasteiger partial charge on any atom is -0.486 e. The topological polar surface area (TPSA) is 53.3 Å². The van der Waals surface area contributed by atoms with Crippen LogP contribution in [0.15, 0.2) is 126 Å². The smallest absolute Gasteiger partial charge is 0.154 e. The Balaban J connectivity index is 1.28. The summed E-state index contributed by atoms with van der Waals surface area (Å²) in [6.07, 6.45) is 0. The number of para-hydroxylation sites is 2. The van der Waals surface area contributed by atoms with Crippen molar-refractivity contribution in [3.8, 4) is 11.4 Å². The zero-order valence-corrected chi connectivity index (χ0v) is 21.1. The SMILES string of the molecule is Nc1ccc2oc3ccccc3c2c1OCc1ccc2c3cc4ccccc4cc3n(-c3ccccc3)c2c1. The van der Waals surface area contributed by atoms with Crippen molar-refractivity contribution >= 4 is 60.2 Å². The number of aromatic nitrogens is 1. The Hall–Kier alpha value is -5.22. The first-order valence-electron chi connectivity index (χ1n) is 13.1. The Morgan fingerprint density at radius 1 is 0.615 bits per heavy atom. The highest BCUT2D eigenvalue weighted by Crippen LogP contribution is 2.40. The van der Waals surface area contributed by atoms with E-state index in [0.717, 1.165) is 38.7 Å². The molecular formula is C35H24N2O2. The monoisotopic (exact) mass is 504 g/mol. The van der Waals surface area contributed by atoms with Gasteiger partial charge in [0.05, 0.1) is 22.1 Å². The summed E-state index contributed by atoms with van der Waals surface area (Å²) >= 11 is 0. The van der Waals surface area contributed by atoms with Crippen molar-refractivity contribution in [3.05, 3.63) is 127 Å². The van der Waals surface area contributed by atoms with Gasteiger partial charge in [-0.05, 0) is 64.9 Å². The van der Waals surface area contributed by atoms with Crippen molar-refractivity contribution in [1.82, 2.24) is 4.57 Å². The standard InChI is InChI=1S/C35H24N2O2/c36-29-16-17-33-34(27-12-6-7-13-32(27)39-33)35(29)38-21-22-14-15-26-28-19-23-8-4-5-9-24(23)20-31(28)37(30(26)18-22)25-10-2-1-3-11-25/h1-20H,21,36H2. The Labute approximate surface area is 224 Å². The second-order valence-electron chi connectivity index (χ2n) is 9.98. The van der Waals surface area contributed by atoms with Gasteiger partial charge in [0.2, 0.25) is 0 Å². The van der Waals surface area contributed by atoms with Gasteiger partial charge in [0, 0.05) is 21.8 Å². The van der Waals surface area contributed by atoms with Gasteiger partial charge in [-0.15, -0.1) is 0 Å². The van der Waals surface area contributed by atoms with Crippen LogP contribution >= 0.6 is 0 Å². The number of fused-ring (bicyclic) bond motifs is 7. The molecule has 6 aromatic carbocycles. The number of hydrogen-bond donors (Lipinski definition) is 1. The Kier molecular flexibility index (Phi) is 4.70. The maximum Gasteiger partial charge on any atom is 0.154 e. The number of benzene rings is 6. The molecule has 39 heavy (non-hydrogen) atoms. The third-order valence-electron chi connectivity index (χ3n) is 7.62. The van der Waals surface area contributed by atoms with E-state index >= 15 is 0 Å². The van der Waals surface area contributed by atoms with Crippen LogP contribution in [0.25, 0.3) is 60.2 Å². The number of nitrogens with two attached hydrogens (primary N) is 1. The lowest BCUT2D eigenvalue weighted by Gasteiger charge is -2.12. The molecule has 4 heteroatoms. The highest BCUT2D eigenvalue weighted by molar-refractivity contribution is 6.14.